The van der Waals surface area contributed by atoms with Gasteiger partial charge in [0.15, 0.2) is 0 Å². The van der Waals surface area contributed by atoms with Gasteiger partial charge in [-0.25, -0.2) is 13.4 Å². The molecule has 6 nitrogen and oxygen atoms in total. The molecule has 1 saturated carbocycles. The zero-order valence-electron chi connectivity index (χ0n) is 17.1. The Morgan fingerprint density at radius 1 is 1.32 bits per heavy atom. The largest absolute Gasteiger partial charge is 0.385 e. The smallest absolute Gasteiger partial charge is 0.228 e. The molecular formula is C20H31N3O3S2. The third kappa shape index (κ3) is 4.84. The summed E-state index contributed by atoms with van der Waals surface area (Å²) in [4.78, 5) is 7.95. The monoisotopic (exact) mass is 425 g/mol. The van der Waals surface area contributed by atoms with Crippen molar-refractivity contribution in [3.63, 3.8) is 0 Å². The standard InChI is InChI=1S/C20H31N3O3S2/c1-16-9-12-27-19(16)15-22(2)14-17-13-21-20(23(17)10-6-11-26-3)28(24,25)18-7-4-5-8-18/h9,12-13,18H,4-8,10-11,14-15H2,1-3H3. The van der Waals surface area contributed by atoms with Gasteiger partial charge in [0.1, 0.15) is 0 Å². The van der Waals surface area contributed by atoms with Gasteiger partial charge in [-0.3, -0.25) is 4.90 Å². The van der Waals surface area contributed by atoms with Gasteiger partial charge >= 0.3 is 0 Å². The van der Waals surface area contributed by atoms with Gasteiger partial charge in [0.2, 0.25) is 15.0 Å². The van der Waals surface area contributed by atoms with Crippen LogP contribution in [0, 0.1) is 6.92 Å². The highest BCUT2D eigenvalue weighted by atomic mass is 32.2. The first kappa shape index (κ1) is 21.5. The van der Waals surface area contributed by atoms with Crippen LogP contribution in [0.5, 0.6) is 0 Å². The van der Waals surface area contributed by atoms with Gasteiger partial charge in [0.25, 0.3) is 0 Å². The van der Waals surface area contributed by atoms with E-state index in [1.165, 1.54) is 10.4 Å². The van der Waals surface area contributed by atoms with Gasteiger partial charge in [-0.1, -0.05) is 12.8 Å². The van der Waals surface area contributed by atoms with E-state index >= 15 is 0 Å². The Bertz CT molecular complexity index is 867. The lowest BCUT2D eigenvalue weighted by molar-refractivity contribution is 0.188. The maximum Gasteiger partial charge on any atom is 0.228 e. The van der Waals surface area contributed by atoms with Gasteiger partial charge in [-0.15, -0.1) is 11.3 Å². The second kappa shape index (κ2) is 9.52. The van der Waals surface area contributed by atoms with Crippen LogP contribution in [0.15, 0.2) is 22.8 Å². The van der Waals surface area contributed by atoms with Crippen molar-refractivity contribution < 1.29 is 13.2 Å². The van der Waals surface area contributed by atoms with Crippen molar-refractivity contribution in [2.24, 2.45) is 0 Å². The van der Waals surface area contributed by atoms with Crippen LogP contribution in [0.3, 0.4) is 0 Å². The third-order valence-corrected chi connectivity index (χ3v) is 8.63. The fourth-order valence-electron chi connectivity index (χ4n) is 3.84. The Labute approximate surface area is 172 Å². The van der Waals surface area contributed by atoms with Crippen molar-refractivity contribution in [1.29, 1.82) is 0 Å². The topological polar surface area (TPSA) is 64.4 Å². The highest BCUT2D eigenvalue weighted by molar-refractivity contribution is 7.91. The number of sulfone groups is 1. The molecule has 0 aromatic carbocycles. The SMILES string of the molecule is COCCCn1c(CN(C)Cc2sccc2C)cnc1S(=O)(=O)C1CCCC1. The number of aryl methyl sites for hydroxylation is 1. The van der Waals surface area contributed by atoms with E-state index in [0.29, 0.717) is 19.7 Å². The lowest BCUT2D eigenvalue weighted by Gasteiger charge is -2.19. The summed E-state index contributed by atoms with van der Waals surface area (Å²) in [5, 5.41) is 2.07. The maximum absolute atomic E-state index is 13.2. The zero-order valence-corrected chi connectivity index (χ0v) is 18.7. The van der Waals surface area contributed by atoms with Gasteiger partial charge in [0.05, 0.1) is 17.1 Å². The van der Waals surface area contributed by atoms with E-state index in [4.69, 9.17) is 4.74 Å². The number of nitrogens with zero attached hydrogens (tertiary/aromatic N) is 3. The van der Waals surface area contributed by atoms with Crippen LogP contribution in [0.25, 0.3) is 0 Å². The number of aromatic nitrogens is 2. The van der Waals surface area contributed by atoms with Crippen molar-refractivity contribution in [2.45, 2.75) is 69.1 Å². The molecule has 1 aliphatic carbocycles. The first-order chi connectivity index (χ1) is 13.4. The number of hydrogen-bond donors (Lipinski definition) is 0. The fourth-order valence-corrected chi connectivity index (χ4v) is 6.80. The van der Waals surface area contributed by atoms with Crippen LogP contribution in [0.4, 0.5) is 0 Å². The first-order valence-corrected chi connectivity index (χ1v) is 12.3. The summed E-state index contributed by atoms with van der Waals surface area (Å²) in [6.07, 6.45) is 5.99. The number of hydrogen-bond acceptors (Lipinski definition) is 6. The minimum absolute atomic E-state index is 0.242. The van der Waals surface area contributed by atoms with Crippen molar-refractivity contribution in [1.82, 2.24) is 14.5 Å². The highest BCUT2D eigenvalue weighted by Gasteiger charge is 2.34. The summed E-state index contributed by atoms with van der Waals surface area (Å²) >= 11 is 1.76. The van der Waals surface area contributed by atoms with Crippen molar-refractivity contribution in [2.75, 3.05) is 20.8 Å². The van der Waals surface area contributed by atoms with Crippen LogP contribution >= 0.6 is 11.3 Å². The molecule has 0 amide bonds. The molecule has 28 heavy (non-hydrogen) atoms. The van der Waals surface area contributed by atoms with Crippen LogP contribution in [-0.4, -0.2) is 48.9 Å². The molecule has 0 bridgehead atoms. The van der Waals surface area contributed by atoms with Crippen LogP contribution in [-0.2, 0) is 34.2 Å². The molecule has 2 aromatic rings. The second-order valence-electron chi connectivity index (χ2n) is 7.68. The maximum atomic E-state index is 13.2. The van der Waals surface area contributed by atoms with E-state index in [1.54, 1.807) is 24.6 Å². The Balaban J connectivity index is 1.81. The Morgan fingerprint density at radius 2 is 2.07 bits per heavy atom. The predicted molar refractivity (Wildman–Crippen MR) is 112 cm³/mol. The average molecular weight is 426 g/mol. The van der Waals surface area contributed by atoms with Crippen LogP contribution < -0.4 is 0 Å². The van der Waals surface area contributed by atoms with E-state index in [2.05, 4.69) is 35.3 Å². The van der Waals surface area contributed by atoms with Crippen molar-refractivity contribution >= 4 is 21.2 Å². The van der Waals surface area contributed by atoms with E-state index in [9.17, 15) is 8.42 Å². The van der Waals surface area contributed by atoms with E-state index in [-0.39, 0.29) is 10.4 Å². The van der Waals surface area contributed by atoms with E-state index in [0.717, 1.165) is 44.3 Å². The quantitative estimate of drug-likeness (QED) is 0.544. The fraction of sp³-hybridized carbons (Fsp3) is 0.650. The molecule has 156 valence electrons. The number of ether oxygens (including phenoxy) is 1. The molecule has 0 saturated heterocycles. The molecule has 0 N–H and O–H groups in total. The normalized spacial score (nSPS) is 15.7. The van der Waals surface area contributed by atoms with Gasteiger partial charge < -0.3 is 9.30 Å². The summed E-state index contributed by atoms with van der Waals surface area (Å²) in [7, 11) is 0.352. The molecule has 2 aromatic heterocycles. The Morgan fingerprint density at radius 3 is 2.71 bits per heavy atom. The number of methoxy groups -OCH3 is 1. The summed E-state index contributed by atoms with van der Waals surface area (Å²) in [5.41, 5.74) is 2.25. The molecule has 0 radical (unpaired) electrons. The lowest BCUT2D eigenvalue weighted by atomic mass is 10.3. The number of imidazole rings is 1. The predicted octanol–water partition coefficient (Wildman–Crippen LogP) is 3.64. The second-order valence-corrected chi connectivity index (χ2v) is 10.8. The minimum atomic E-state index is -3.38. The van der Waals surface area contributed by atoms with Gasteiger partial charge in [0, 0.05) is 38.2 Å². The van der Waals surface area contributed by atoms with Crippen molar-refractivity contribution in [3.8, 4) is 0 Å². The zero-order chi connectivity index (χ0) is 20.1. The molecule has 0 atom stereocenters. The number of thiophene rings is 1. The first-order valence-electron chi connectivity index (χ1n) is 9.92. The molecule has 1 fully saturated rings. The molecule has 8 heteroatoms. The summed E-state index contributed by atoms with van der Waals surface area (Å²) in [6.45, 7) is 4.84. The summed E-state index contributed by atoms with van der Waals surface area (Å²) in [6, 6.07) is 2.13. The lowest BCUT2D eigenvalue weighted by Crippen LogP contribution is -2.25. The molecule has 3 rings (SSSR count). The average Bonchev–Trinajstić information content (AvgIpc) is 3.39. The molecule has 0 aliphatic heterocycles. The Hall–Kier alpha value is -1.22. The van der Waals surface area contributed by atoms with Gasteiger partial charge in [-0.05, 0) is 50.2 Å². The number of rotatable bonds is 10. The molecule has 2 heterocycles. The van der Waals surface area contributed by atoms with Crippen LogP contribution in [0.1, 0.15) is 48.2 Å². The third-order valence-electron chi connectivity index (χ3n) is 5.44. The van der Waals surface area contributed by atoms with Gasteiger partial charge in [-0.2, -0.15) is 0 Å². The molecule has 1 aliphatic rings. The molecular weight excluding hydrogens is 394 g/mol. The summed E-state index contributed by atoms with van der Waals surface area (Å²) in [5.74, 6) is 0. The van der Waals surface area contributed by atoms with Crippen LogP contribution in [0.2, 0.25) is 0 Å². The molecule has 0 spiro atoms. The van der Waals surface area contributed by atoms with Crippen molar-refractivity contribution in [3.05, 3.63) is 33.8 Å². The molecule has 0 unspecified atom stereocenters. The minimum Gasteiger partial charge on any atom is -0.385 e. The van der Waals surface area contributed by atoms with E-state index in [1.807, 2.05) is 4.57 Å². The Kier molecular flexibility index (Phi) is 7.31. The van der Waals surface area contributed by atoms with E-state index < -0.39 is 9.84 Å². The highest BCUT2D eigenvalue weighted by Crippen LogP contribution is 2.30. The summed E-state index contributed by atoms with van der Waals surface area (Å²) < 4.78 is 33.4.